The average Bonchev–Trinajstić information content (AvgIpc) is 2.75. The Labute approximate surface area is 179 Å². The molecule has 0 aromatic heterocycles. The van der Waals surface area contributed by atoms with Crippen molar-refractivity contribution in [2.45, 2.75) is 13.3 Å². The van der Waals surface area contributed by atoms with Gasteiger partial charge in [-0.05, 0) is 61.0 Å². The number of nitrogens with one attached hydrogen (secondary N) is 2. The van der Waals surface area contributed by atoms with Gasteiger partial charge in [0.25, 0.3) is 11.6 Å². The molecule has 2 amide bonds. The van der Waals surface area contributed by atoms with E-state index in [1.54, 1.807) is 24.3 Å². The molecule has 0 heterocycles. The van der Waals surface area contributed by atoms with Crippen molar-refractivity contribution in [2.75, 3.05) is 11.9 Å². The highest BCUT2D eigenvalue weighted by Crippen LogP contribution is 2.23. The predicted octanol–water partition coefficient (Wildman–Crippen LogP) is 4.45. The third-order valence-corrected chi connectivity index (χ3v) is 4.34. The molecule has 0 aliphatic rings. The Hall–Kier alpha value is -4.20. The Morgan fingerprint density at radius 1 is 0.968 bits per heavy atom. The molecular formula is C23H21N3O5. The van der Waals surface area contributed by atoms with E-state index in [1.807, 2.05) is 31.2 Å². The van der Waals surface area contributed by atoms with Gasteiger partial charge in [-0.2, -0.15) is 0 Å². The SMILES string of the molecule is Cc1cccc(Oc2ccc(NC(=O)CCNC(=O)c3ccc([N+](=O)[O-])cc3)cc2)c1. The van der Waals surface area contributed by atoms with E-state index in [0.717, 1.165) is 11.3 Å². The molecule has 0 radical (unpaired) electrons. The van der Waals surface area contributed by atoms with Crippen LogP contribution in [-0.2, 0) is 4.79 Å². The zero-order valence-electron chi connectivity index (χ0n) is 16.8. The van der Waals surface area contributed by atoms with Gasteiger partial charge < -0.3 is 15.4 Å². The Morgan fingerprint density at radius 3 is 2.32 bits per heavy atom. The number of nitrogens with zero attached hydrogens (tertiary/aromatic N) is 1. The number of nitro groups is 1. The number of non-ortho nitro benzene ring substituents is 1. The van der Waals surface area contributed by atoms with Crippen molar-refractivity contribution >= 4 is 23.2 Å². The largest absolute Gasteiger partial charge is 0.457 e. The molecule has 0 bridgehead atoms. The molecule has 8 heteroatoms. The van der Waals surface area contributed by atoms with Crippen LogP contribution < -0.4 is 15.4 Å². The first-order valence-electron chi connectivity index (χ1n) is 9.58. The molecular weight excluding hydrogens is 398 g/mol. The number of rotatable bonds is 8. The normalized spacial score (nSPS) is 10.2. The molecule has 8 nitrogen and oxygen atoms in total. The number of carbonyl (C=O) groups excluding carboxylic acids is 2. The summed E-state index contributed by atoms with van der Waals surface area (Å²) >= 11 is 0. The maximum absolute atomic E-state index is 12.1. The summed E-state index contributed by atoms with van der Waals surface area (Å²) in [6, 6.07) is 19.9. The van der Waals surface area contributed by atoms with Crippen LogP contribution in [0.2, 0.25) is 0 Å². The summed E-state index contributed by atoms with van der Waals surface area (Å²) in [7, 11) is 0. The van der Waals surface area contributed by atoms with Gasteiger partial charge in [0.2, 0.25) is 5.91 Å². The molecule has 158 valence electrons. The second-order valence-electron chi connectivity index (χ2n) is 6.80. The molecule has 2 N–H and O–H groups in total. The summed E-state index contributed by atoms with van der Waals surface area (Å²) < 4.78 is 5.78. The smallest absolute Gasteiger partial charge is 0.269 e. The maximum Gasteiger partial charge on any atom is 0.269 e. The lowest BCUT2D eigenvalue weighted by Crippen LogP contribution is -2.27. The van der Waals surface area contributed by atoms with E-state index < -0.39 is 10.8 Å². The standard InChI is InChI=1S/C23H21N3O5/c1-16-3-2-4-21(15-16)31-20-11-7-18(8-12-20)25-22(27)13-14-24-23(28)17-5-9-19(10-6-17)26(29)30/h2-12,15H,13-14H2,1H3,(H,24,28)(H,25,27). The highest BCUT2D eigenvalue weighted by molar-refractivity contribution is 5.95. The van der Waals surface area contributed by atoms with Crippen molar-refractivity contribution in [1.82, 2.24) is 5.32 Å². The van der Waals surface area contributed by atoms with Crippen molar-refractivity contribution in [1.29, 1.82) is 0 Å². The van der Waals surface area contributed by atoms with Crippen LogP contribution in [0.15, 0.2) is 72.8 Å². The van der Waals surface area contributed by atoms with Gasteiger partial charge in [0.15, 0.2) is 0 Å². The zero-order valence-corrected chi connectivity index (χ0v) is 16.8. The number of hydrogen-bond acceptors (Lipinski definition) is 5. The minimum absolute atomic E-state index is 0.0836. The Balaban J connectivity index is 1.44. The van der Waals surface area contributed by atoms with Gasteiger partial charge in [0, 0.05) is 36.3 Å². The van der Waals surface area contributed by atoms with Crippen molar-refractivity contribution in [3.05, 3.63) is 94.0 Å². The van der Waals surface area contributed by atoms with Crippen molar-refractivity contribution in [2.24, 2.45) is 0 Å². The first-order chi connectivity index (χ1) is 14.9. The highest BCUT2D eigenvalue weighted by Gasteiger charge is 2.10. The predicted molar refractivity (Wildman–Crippen MR) is 116 cm³/mol. The minimum atomic E-state index is -0.534. The molecule has 0 spiro atoms. The van der Waals surface area contributed by atoms with E-state index in [1.165, 1.54) is 24.3 Å². The average molecular weight is 419 g/mol. The van der Waals surface area contributed by atoms with Crippen LogP contribution in [0.3, 0.4) is 0 Å². The van der Waals surface area contributed by atoms with Crippen LogP contribution in [0.1, 0.15) is 22.3 Å². The van der Waals surface area contributed by atoms with Crippen molar-refractivity contribution < 1.29 is 19.2 Å². The van der Waals surface area contributed by atoms with Gasteiger partial charge in [-0.1, -0.05) is 12.1 Å². The zero-order chi connectivity index (χ0) is 22.2. The highest BCUT2D eigenvalue weighted by atomic mass is 16.6. The third-order valence-electron chi connectivity index (χ3n) is 4.34. The molecule has 0 aliphatic carbocycles. The number of carbonyl (C=O) groups is 2. The number of ether oxygens (including phenoxy) is 1. The number of nitro benzene ring substituents is 1. The lowest BCUT2D eigenvalue weighted by Gasteiger charge is -2.09. The fourth-order valence-electron chi connectivity index (χ4n) is 2.77. The van der Waals surface area contributed by atoms with Gasteiger partial charge in [0.05, 0.1) is 4.92 Å². The Bertz CT molecular complexity index is 1080. The second-order valence-corrected chi connectivity index (χ2v) is 6.80. The third kappa shape index (κ3) is 6.40. The maximum atomic E-state index is 12.1. The summed E-state index contributed by atoms with van der Waals surface area (Å²) in [6.45, 7) is 2.12. The number of amides is 2. The van der Waals surface area contributed by atoms with Gasteiger partial charge in [-0.25, -0.2) is 0 Å². The van der Waals surface area contributed by atoms with Crippen LogP contribution >= 0.6 is 0 Å². The van der Waals surface area contributed by atoms with Crippen LogP contribution in [0.5, 0.6) is 11.5 Å². The molecule has 0 fully saturated rings. The summed E-state index contributed by atoms with van der Waals surface area (Å²) in [5, 5.41) is 16.0. The van der Waals surface area contributed by atoms with E-state index in [9.17, 15) is 19.7 Å². The fraction of sp³-hybridized carbons (Fsp3) is 0.130. The number of aryl methyl sites for hydroxylation is 1. The number of benzene rings is 3. The Morgan fingerprint density at radius 2 is 1.68 bits per heavy atom. The Kier molecular flexibility index (Phi) is 6.95. The summed E-state index contributed by atoms with van der Waals surface area (Å²) in [5.74, 6) is 0.733. The second kappa shape index (κ2) is 10.0. The van der Waals surface area contributed by atoms with E-state index >= 15 is 0 Å². The molecule has 0 atom stereocenters. The molecule has 0 unspecified atom stereocenters. The van der Waals surface area contributed by atoms with Crippen LogP contribution in [-0.4, -0.2) is 23.3 Å². The van der Waals surface area contributed by atoms with Crippen LogP contribution in [0, 0.1) is 17.0 Å². The van der Waals surface area contributed by atoms with Gasteiger partial charge in [-0.15, -0.1) is 0 Å². The van der Waals surface area contributed by atoms with Crippen molar-refractivity contribution in [3.8, 4) is 11.5 Å². The number of anilines is 1. The van der Waals surface area contributed by atoms with Crippen LogP contribution in [0.25, 0.3) is 0 Å². The van der Waals surface area contributed by atoms with Gasteiger partial charge in [0.1, 0.15) is 11.5 Å². The van der Waals surface area contributed by atoms with Gasteiger partial charge >= 0.3 is 0 Å². The lowest BCUT2D eigenvalue weighted by molar-refractivity contribution is -0.384. The van der Waals surface area contributed by atoms with E-state index in [-0.39, 0.29) is 30.1 Å². The first kappa shape index (κ1) is 21.5. The number of hydrogen-bond donors (Lipinski definition) is 2. The quantitative estimate of drug-likeness (QED) is 0.414. The molecule has 3 rings (SSSR count). The topological polar surface area (TPSA) is 111 Å². The molecule has 31 heavy (non-hydrogen) atoms. The monoisotopic (exact) mass is 419 g/mol. The minimum Gasteiger partial charge on any atom is -0.457 e. The van der Waals surface area contributed by atoms with Crippen molar-refractivity contribution in [3.63, 3.8) is 0 Å². The molecule has 3 aromatic carbocycles. The molecule has 0 saturated carbocycles. The van der Waals surface area contributed by atoms with Crippen LogP contribution in [0.4, 0.5) is 11.4 Å². The lowest BCUT2D eigenvalue weighted by atomic mass is 10.2. The molecule has 3 aromatic rings. The van der Waals surface area contributed by atoms with Gasteiger partial charge in [-0.3, -0.25) is 19.7 Å². The van der Waals surface area contributed by atoms with E-state index in [0.29, 0.717) is 11.4 Å². The first-order valence-corrected chi connectivity index (χ1v) is 9.58. The molecule has 0 saturated heterocycles. The fourth-order valence-corrected chi connectivity index (χ4v) is 2.77. The van der Waals surface area contributed by atoms with E-state index in [2.05, 4.69) is 10.6 Å². The molecule has 0 aliphatic heterocycles. The summed E-state index contributed by atoms with van der Waals surface area (Å²) in [4.78, 5) is 34.3. The summed E-state index contributed by atoms with van der Waals surface area (Å²) in [6.07, 6.45) is 0.0836. The summed E-state index contributed by atoms with van der Waals surface area (Å²) in [5.41, 5.74) is 1.91. The van der Waals surface area contributed by atoms with E-state index in [4.69, 9.17) is 4.74 Å².